The predicted octanol–water partition coefficient (Wildman–Crippen LogP) is 2.13. The molecule has 4 nitrogen and oxygen atoms in total. The molecular formula is C14H21BF3N2O2. The molecule has 0 fully saturated rings. The number of rotatable bonds is 5. The molecule has 0 saturated heterocycles. The molecule has 0 aliphatic carbocycles. The Balaban J connectivity index is 2.94. The second-order valence-corrected chi connectivity index (χ2v) is 6.25. The van der Waals surface area contributed by atoms with Gasteiger partial charge in [0.25, 0.3) is 0 Å². The molecule has 0 spiro atoms. The van der Waals surface area contributed by atoms with Gasteiger partial charge in [0.15, 0.2) is 0 Å². The van der Waals surface area contributed by atoms with Crippen LogP contribution in [0.15, 0.2) is 12.3 Å². The van der Waals surface area contributed by atoms with E-state index < -0.39 is 28.8 Å². The van der Waals surface area contributed by atoms with Gasteiger partial charge in [-0.05, 0) is 38.2 Å². The van der Waals surface area contributed by atoms with E-state index in [1.165, 1.54) is 6.20 Å². The number of hydrogen-bond acceptors (Lipinski definition) is 4. The lowest BCUT2D eigenvalue weighted by Crippen LogP contribution is -2.54. The fraction of sp³-hybridized carbons (Fsp3) is 0.643. The van der Waals surface area contributed by atoms with Gasteiger partial charge in [0.1, 0.15) is 5.82 Å². The van der Waals surface area contributed by atoms with Crippen molar-refractivity contribution in [1.29, 1.82) is 0 Å². The fourth-order valence-electron chi connectivity index (χ4n) is 1.81. The number of halogens is 3. The molecule has 3 N–H and O–H groups in total. The molecule has 1 radical (unpaired) electrons. The molecule has 1 aromatic heterocycles. The average Bonchev–Trinajstić information content (AvgIpc) is 2.36. The molecule has 1 heterocycles. The monoisotopic (exact) mass is 317 g/mol. The van der Waals surface area contributed by atoms with E-state index in [4.69, 9.17) is 10.4 Å². The Labute approximate surface area is 129 Å². The van der Waals surface area contributed by atoms with Gasteiger partial charge in [-0.15, -0.1) is 0 Å². The van der Waals surface area contributed by atoms with Crippen LogP contribution in [0.25, 0.3) is 0 Å². The highest BCUT2D eigenvalue weighted by Crippen LogP contribution is 2.33. The van der Waals surface area contributed by atoms with Crippen LogP contribution in [0, 0.1) is 5.92 Å². The van der Waals surface area contributed by atoms with Crippen LogP contribution in [-0.4, -0.2) is 28.8 Å². The Kier molecular flexibility index (Phi) is 5.19. The molecule has 0 aliphatic rings. The third-order valence-corrected chi connectivity index (χ3v) is 4.08. The number of pyridine rings is 1. The molecule has 1 aromatic rings. The van der Waals surface area contributed by atoms with Gasteiger partial charge in [-0.2, -0.15) is 13.2 Å². The maximum Gasteiger partial charge on any atom is 0.419 e. The van der Waals surface area contributed by atoms with E-state index in [-0.39, 0.29) is 11.4 Å². The number of nitrogens with zero attached hydrogens (tertiary/aromatic N) is 1. The van der Waals surface area contributed by atoms with Crippen molar-refractivity contribution in [2.75, 3.05) is 5.73 Å². The first-order valence-corrected chi connectivity index (χ1v) is 6.85. The van der Waals surface area contributed by atoms with Gasteiger partial charge < -0.3 is 15.5 Å². The third-order valence-electron chi connectivity index (χ3n) is 4.08. The molecule has 1 atom stereocenters. The normalized spacial score (nSPS) is 15.7. The summed E-state index contributed by atoms with van der Waals surface area (Å²) in [4.78, 5) is 3.53. The SMILES string of the molecule is CC(C)C(C)(O)C(C)(C)O[B]c1cnc(N)c(C(F)(F)F)c1. The van der Waals surface area contributed by atoms with Gasteiger partial charge >= 0.3 is 13.7 Å². The molecule has 0 aliphatic heterocycles. The minimum absolute atomic E-state index is 0.105. The molecule has 1 unspecified atom stereocenters. The van der Waals surface area contributed by atoms with Crippen molar-refractivity contribution in [3.05, 3.63) is 17.8 Å². The van der Waals surface area contributed by atoms with Crippen molar-refractivity contribution >= 4 is 18.8 Å². The minimum Gasteiger partial charge on any atom is -0.427 e. The molecular weight excluding hydrogens is 296 g/mol. The van der Waals surface area contributed by atoms with Gasteiger partial charge in [0.2, 0.25) is 0 Å². The van der Waals surface area contributed by atoms with Crippen molar-refractivity contribution in [2.24, 2.45) is 5.92 Å². The summed E-state index contributed by atoms with van der Waals surface area (Å²) in [5, 5.41) is 10.5. The van der Waals surface area contributed by atoms with E-state index in [9.17, 15) is 18.3 Å². The van der Waals surface area contributed by atoms with Crippen LogP contribution in [0.3, 0.4) is 0 Å². The second-order valence-electron chi connectivity index (χ2n) is 6.25. The van der Waals surface area contributed by atoms with E-state index >= 15 is 0 Å². The number of hydrogen-bond donors (Lipinski definition) is 2. The van der Waals surface area contributed by atoms with E-state index in [0.29, 0.717) is 0 Å². The van der Waals surface area contributed by atoms with E-state index in [2.05, 4.69) is 4.98 Å². The van der Waals surface area contributed by atoms with Crippen LogP contribution in [0.5, 0.6) is 0 Å². The molecule has 0 aromatic carbocycles. The Morgan fingerprint density at radius 3 is 2.27 bits per heavy atom. The van der Waals surface area contributed by atoms with Crippen LogP contribution in [0.1, 0.15) is 40.2 Å². The van der Waals surface area contributed by atoms with E-state index in [1.54, 1.807) is 20.8 Å². The maximum atomic E-state index is 12.8. The summed E-state index contributed by atoms with van der Waals surface area (Å²) in [5.74, 6) is -0.690. The van der Waals surface area contributed by atoms with Crippen LogP contribution >= 0.6 is 0 Å². The zero-order valence-corrected chi connectivity index (χ0v) is 13.3. The summed E-state index contributed by atoms with van der Waals surface area (Å²) in [5.41, 5.74) is 2.18. The van der Waals surface area contributed by atoms with Crippen molar-refractivity contribution in [1.82, 2.24) is 4.98 Å². The fourth-order valence-corrected chi connectivity index (χ4v) is 1.81. The highest BCUT2D eigenvalue weighted by molar-refractivity contribution is 6.47. The Bertz CT molecular complexity index is 531. The first kappa shape index (κ1) is 18.8. The highest BCUT2D eigenvalue weighted by atomic mass is 19.4. The standard InChI is InChI=1S/C14H21BF3N2O2/c1-8(2)13(5,21)12(3,4)22-15-9-6-10(14(16,17)18)11(19)20-7-9/h6-8,21H,1-5H3,(H2,19,20). The van der Waals surface area contributed by atoms with Crippen LogP contribution in [-0.2, 0) is 10.8 Å². The molecule has 1 rings (SSSR count). The van der Waals surface area contributed by atoms with Crippen molar-refractivity contribution in [2.45, 2.75) is 52.0 Å². The van der Waals surface area contributed by atoms with E-state index in [0.717, 1.165) is 13.5 Å². The summed E-state index contributed by atoms with van der Waals surface area (Å²) in [6.45, 7) is 8.61. The van der Waals surface area contributed by atoms with Crippen LogP contribution in [0.2, 0.25) is 0 Å². The maximum absolute atomic E-state index is 12.8. The van der Waals surface area contributed by atoms with Crippen molar-refractivity contribution in [3.63, 3.8) is 0 Å². The van der Waals surface area contributed by atoms with Crippen LogP contribution in [0.4, 0.5) is 19.0 Å². The highest BCUT2D eigenvalue weighted by Gasteiger charge is 2.42. The lowest BCUT2D eigenvalue weighted by atomic mass is 9.76. The summed E-state index contributed by atoms with van der Waals surface area (Å²) in [7, 11) is 1.15. The predicted molar refractivity (Wildman–Crippen MR) is 79.7 cm³/mol. The average molecular weight is 317 g/mol. The lowest BCUT2D eigenvalue weighted by molar-refractivity contribution is -0.137. The molecule has 8 heteroatoms. The molecule has 22 heavy (non-hydrogen) atoms. The Morgan fingerprint density at radius 2 is 1.82 bits per heavy atom. The third kappa shape index (κ3) is 3.92. The molecule has 0 saturated carbocycles. The minimum atomic E-state index is -4.58. The topological polar surface area (TPSA) is 68.4 Å². The largest absolute Gasteiger partial charge is 0.427 e. The second kappa shape index (κ2) is 6.08. The Morgan fingerprint density at radius 1 is 1.27 bits per heavy atom. The van der Waals surface area contributed by atoms with Gasteiger partial charge in [0, 0.05) is 6.20 Å². The zero-order valence-electron chi connectivity index (χ0n) is 13.3. The van der Waals surface area contributed by atoms with Crippen molar-refractivity contribution < 1.29 is 22.9 Å². The Hall–Kier alpha value is -1.28. The zero-order chi connectivity index (χ0) is 17.3. The first-order chi connectivity index (χ1) is 9.79. The summed E-state index contributed by atoms with van der Waals surface area (Å²) >= 11 is 0. The molecule has 0 amide bonds. The summed E-state index contributed by atoms with van der Waals surface area (Å²) < 4.78 is 43.9. The molecule has 0 bridgehead atoms. The van der Waals surface area contributed by atoms with Gasteiger partial charge in [-0.25, -0.2) is 4.98 Å². The summed E-state index contributed by atoms with van der Waals surface area (Å²) in [6.07, 6.45) is -3.40. The van der Waals surface area contributed by atoms with Gasteiger partial charge in [-0.3, -0.25) is 0 Å². The number of nitrogen functional groups attached to an aromatic ring is 1. The number of aliphatic hydroxyl groups is 1. The summed E-state index contributed by atoms with van der Waals surface area (Å²) in [6, 6.07) is 0.864. The smallest absolute Gasteiger partial charge is 0.419 e. The number of anilines is 1. The first-order valence-electron chi connectivity index (χ1n) is 6.85. The quantitative estimate of drug-likeness (QED) is 0.817. The lowest BCUT2D eigenvalue weighted by Gasteiger charge is -2.43. The van der Waals surface area contributed by atoms with Gasteiger partial charge in [-0.1, -0.05) is 13.8 Å². The number of alkyl halides is 3. The van der Waals surface area contributed by atoms with Crippen molar-refractivity contribution in [3.8, 4) is 0 Å². The number of nitrogens with two attached hydrogens (primary N) is 1. The van der Waals surface area contributed by atoms with Gasteiger partial charge in [0.05, 0.1) is 16.8 Å². The van der Waals surface area contributed by atoms with Crippen LogP contribution < -0.4 is 11.2 Å². The number of aromatic nitrogens is 1. The van der Waals surface area contributed by atoms with E-state index in [1.807, 2.05) is 13.8 Å². The molecule has 123 valence electrons.